The molecule has 0 aliphatic heterocycles. The van der Waals surface area contributed by atoms with Crippen LogP contribution in [0.4, 0.5) is 0 Å². The van der Waals surface area contributed by atoms with Gasteiger partial charge >= 0.3 is 0 Å². The Morgan fingerprint density at radius 2 is 2.16 bits per heavy atom. The minimum absolute atomic E-state index is 0.0373. The van der Waals surface area contributed by atoms with Crippen molar-refractivity contribution in [3.05, 3.63) is 16.1 Å². The highest BCUT2D eigenvalue weighted by molar-refractivity contribution is 7.13. The number of rotatable bonds is 4. The molecule has 1 heterocycles. The molecule has 0 radical (unpaired) electrons. The van der Waals surface area contributed by atoms with Gasteiger partial charge in [0.1, 0.15) is 4.88 Å². The first-order valence-electron chi connectivity index (χ1n) is 6.85. The minimum atomic E-state index is -0.685. The molecule has 0 spiro atoms. The summed E-state index contributed by atoms with van der Waals surface area (Å²) in [6.07, 6.45) is 5.35. The molecule has 4 nitrogen and oxygen atoms in total. The number of nitrogens with zero attached hydrogens (tertiary/aromatic N) is 2. The quantitative estimate of drug-likeness (QED) is 0.923. The standard InChI is InChI=1S/C14H22N2O2S/c1-10(2)12-15-8-11(19-12)13(17)16(3)9-14(18)6-4-5-7-14/h8,10,18H,4-7,9H2,1-3H3. The summed E-state index contributed by atoms with van der Waals surface area (Å²) in [6.45, 7) is 4.55. The summed E-state index contributed by atoms with van der Waals surface area (Å²) in [5.41, 5.74) is -0.685. The van der Waals surface area contributed by atoms with Crippen LogP contribution in [-0.4, -0.2) is 40.1 Å². The van der Waals surface area contributed by atoms with Gasteiger partial charge < -0.3 is 10.0 Å². The molecule has 1 N–H and O–H groups in total. The lowest BCUT2D eigenvalue weighted by atomic mass is 10.0. The van der Waals surface area contributed by atoms with Crippen LogP contribution < -0.4 is 0 Å². The fourth-order valence-corrected chi connectivity index (χ4v) is 3.46. The Balaban J connectivity index is 2.01. The fourth-order valence-electron chi connectivity index (χ4n) is 2.55. The first-order valence-corrected chi connectivity index (χ1v) is 7.66. The molecule has 1 aliphatic carbocycles. The van der Waals surface area contributed by atoms with Crippen LogP contribution >= 0.6 is 11.3 Å². The second-order valence-corrected chi connectivity index (χ2v) is 6.87. The summed E-state index contributed by atoms with van der Waals surface area (Å²) in [6, 6.07) is 0. The van der Waals surface area contributed by atoms with Crippen molar-refractivity contribution in [1.82, 2.24) is 9.88 Å². The van der Waals surface area contributed by atoms with Crippen LogP contribution in [0.15, 0.2) is 6.20 Å². The van der Waals surface area contributed by atoms with Crippen LogP contribution in [0, 0.1) is 0 Å². The van der Waals surface area contributed by atoms with Gasteiger partial charge in [0.05, 0.1) is 16.8 Å². The minimum Gasteiger partial charge on any atom is -0.388 e. The van der Waals surface area contributed by atoms with Crippen LogP contribution in [0.25, 0.3) is 0 Å². The molecule has 1 aromatic rings. The van der Waals surface area contributed by atoms with Gasteiger partial charge in [0.15, 0.2) is 0 Å². The van der Waals surface area contributed by atoms with Crippen molar-refractivity contribution >= 4 is 17.2 Å². The van der Waals surface area contributed by atoms with E-state index in [1.807, 2.05) is 0 Å². The number of aromatic nitrogens is 1. The van der Waals surface area contributed by atoms with Crippen LogP contribution in [0.2, 0.25) is 0 Å². The molecule has 5 heteroatoms. The summed E-state index contributed by atoms with van der Waals surface area (Å²) in [4.78, 5) is 18.9. The van der Waals surface area contributed by atoms with Crippen LogP contribution in [0.3, 0.4) is 0 Å². The van der Waals surface area contributed by atoms with Gasteiger partial charge in [-0.1, -0.05) is 26.7 Å². The Kier molecular flexibility index (Phi) is 4.26. The van der Waals surface area contributed by atoms with Gasteiger partial charge in [-0.2, -0.15) is 0 Å². The summed E-state index contributed by atoms with van der Waals surface area (Å²) < 4.78 is 0. The molecule has 1 saturated carbocycles. The Hall–Kier alpha value is -0.940. The van der Waals surface area contributed by atoms with E-state index in [0.29, 0.717) is 17.3 Å². The van der Waals surface area contributed by atoms with Crippen molar-refractivity contribution in [2.75, 3.05) is 13.6 Å². The zero-order valence-electron chi connectivity index (χ0n) is 11.8. The normalized spacial score (nSPS) is 17.9. The lowest BCUT2D eigenvalue weighted by Crippen LogP contribution is -2.41. The molecule has 0 unspecified atom stereocenters. The maximum absolute atomic E-state index is 12.3. The molecule has 1 amide bonds. The molecule has 2 rings (SSSR count). The predicted octanol–water partition coefficient (Wildman–Crippen LogP) is 2.64. The zero-order valence-corrected chi connectivity index (χ0v) is 12.7. The third-order valence-electron chi connectivity index (χ3n) is 3.64. The second-order valence-electron chi connectivity index (χ2n) is 5.81. The largest absolute Gasteiger partial charge is 0.388 e. The van der Waals surface area contributed by atoms with E-state index in [1.54, 1.807) is 18.1 Å². The van der Waals surface area contributed by atoms with E-state index in [-0.39, 0.29) is 5.91 Å². The monoisotopic (exact) mass is 282 g/mol. The van der Waals surface area contributed by atoms with Crippen LogP contribution in [0.1, 0.15) is 60.1 Å². The Morgan fingerprint density at radius 1 is 1.53 bits per heavy atom. The average Bonchev–Trinajstić information content (AvgIpc) is 2.97. The smallest absolute Gasteiger partial charge is 0.265 e. The molecule has 0 aromatic carbocycles. The van der Waals surface area contributed by atoms with Crippen molar-refractivity contribution in [2.45, 2.75) is 51.0 Å². The van der Waals surface area contributed by atoms with Crippen molar-refractivity contribution in [3.8, 4) is 0 Å². The number of thiazole rings is 1. The van der Waals surface area contributed by atoms with E-state index in [0.717, 1.165) is 30.7 Å². The first kappa shape index (κ1) is 14.5. The molecule has 1 fully saturated rings. The molecule has 19 heavy (non-hydrogen) atoms. The summed E-state index contributed by atoms with van der Waals surface area (Å²) in [5.74, 6) is 0.306. The van der Waals surface area contributed by atoms with Crippen molar-refractivity contribution in [2.24, 2.45) is 0 Å². The fraction of sp³-hybridized carbons (Fsp3) is 0.714. The van der Waals surface area contributed by atoms with Crippen LogP contribution in [0.5, 0.6) is 0 Å². The van der Waals surface area contributed by atoms with E-state index >= 15 is 0 Å². The Labute approximate surface area is 118 Å². The first-order chi connectivity index (χ1) is 8.91. The number of carbonyl (C=O) groups is 1. The highest BCUT2D eigenvalue weighted by atomic mass is 32.1. The lowest BCUT2D eigenvalue weighted by Gasteiger charge is -2.28. The maximum Gasteiger partial charge on any atom is 0.265 e. The molecule has 0 bridgehead atoms. The number of hydrogen-bond donors (Lipinski definition) is 1. The van der Waals surface area contributed by atoms with Gasteiger partial charge in [0.25, 0.3) is 5.91 Å². The van der Waals surface area contributed by atoms with Crippen molar-refractivity contribution in [3.63, 3.8) is 0 Å². The maximum atomic E-state index is 12.3. The molecule has 1 aromatic heterocycles. The number of carbonyl (C=O) groups excluding carboxylic acids is 1. The molecule has 0 atom stereocenters. The van der Waals surface area contributed by atoms with E-state index < -0.39 is 5.60 Å². The highest BCUT2D eigenvalue weighted by Crippen LogP contribution is 2.30. The van der Waals surface area contributed by atoms with E-state index in [1.165, 1.54) is 11.3 Å². The summed E-state index contributed by atoms with van der Waals surface area (Å²) in [5, 5.41) is 11.3. The Bertz CT molecular complexity index is 450. The molecule has 1 aliphatic rings. The van der Waals surface area contributed by atoms with Gasteiger partial charge in [-0.15, -0.1) is 11.3 Å². The zero-order chi connectivity index (χ0) is 14.0. The topological polar surface area (TPSA) is 53.4 Å². The number of aliphatic hydroxyl groups is 1. The Morgan fingerprint density at radius 3 is 2.68 bits per heavy atom. The molecular weight excluding hydrogens is 260 g/mol. The van der Waals surface area contributed by atoms with Gasteiger partial charge in [0, 0.05) is 19.5 Å². The van der Waals surface area contributed by atoms with Gasteiger partial charge in [0.2, 0.25) is 0 Å². The number of amides is 1. The number of hydrogen-bond acceptors (Lipinski definition) is 4. The molecule has 106 valence electrons. The highest BCUT2D eigenvalue weighted by Gasteiger charge is 2.33. The van der Waals surface area contributed by atoms with Gasteiger partial charge in [-0.3, -0.25) is 4.79 Å². The van der Waals surface area contributed by atoms with Crippen LogP contribution in [-0.2, 0) is 0 Å². The lowest BCUT2D eigenvalue weighted by molar-refractivity contribution is 0.0158. The van der Waals surface area contributed by atoms with Crippen molar-refractivity contribution in [1.29, 1.82) is 0 Å². The SMILES string of the molecule is CC(C)c1ncc(C(=O)N(C)CC2(O)CCCC2)s1. The van der Waals surface area contributed by atoms with Gasteiger partial charge in [-0.25, -0.2) is 4.98 Å². The van der Waals surface area contributed by atoms with Crippen molar-refractivity contribution < 1.29 is 9.90 Å². The average molecular weight is 282 g/mol. The third kappa shape index (κ3) is 3.34. The van der Waals surface area contributed by atoms with E-state index in [9.17, 15) is 9.90 Å². The molecule has 0 saturated heterocycles. The van der Waals surface area contributed by atoms with E-state index in [4.69, 9.17) is 0 Å². The van der Waals surface area contributed by atoms with Gasteiger partial charge in [-0.05, 0) is 12.8 Å². The number of likely N-dealkylation sites (N-methyl/N-ethyl adjacent to an activating group) is 1. The summed E-state index contributed by atoms with van der Waals surface area (Å²) in [7, 11) is 1.76. The third-order valence-corrected chi connectivity index (χ3v) is 4.93. The van der Waals surface area contributed by atoms with E-state index in [2.05, 4.69) is 18.8 Å². The second kappa shape index (κ2) is 5.59. The molecular formula is C14H22N2O2S. The predicted molar refractivity (Wildman–Crippen MR) is 76.6 cm³/mol. The summed E-state index contributed by atoms with van der Waals surface area (Å²) >= 11 is 1.45.